The van der Waals surface area contributed by atoms with Crippen LogP contribution >= 0.6 is 11.6 Å². The second-order valence-electron chi connectivity index (χ2n) is 9.36. The number of carbonyl (C=O) groups excluding carboxylic acids is 1. The maximum Gasteiger partial charge on any atom is 0.256 e. The van der Waals surface area contributed by atoms with E-state index in [2.05, 4.69) is 11.1 Å². The number of aromatic nitrogens is 2. The number of carbonyl (C=O) groups is 1. The van der Waals surface area contributed by atoms with Gasteiger partial charge >= 0.3 is 0 Å². The summed E-state index contributed by atoms with van der Waals surface area (Å²) >= 11 is 6.33. The Morgan fingerprint density at radius 1 is 1.00 bits per heavy atom. The largest absolute Gasteiger partial charge is 0.312 e. The number of rotatable bonds is 7. The highest BCUT2D eigenvalue weighted by Gasteiger charge is 2.28. The van der Waals surface area contributed by atoms with Crippen molar-refractivity contribution < 1.29 is 18.0 Å². The third-order valence-electron chi connectivity index (χ3n) is 6.79. The van der Waals surface area contributed by atoms with Gasteiger partial charge in [0.1, 0.15) is 11.9 Å². The lowest BCUT2D eigenvalue weighted by molar-refractivity contribution is 0.103. The van der Waals surface area contributed by atoms with Crippen LogP contribution in [0, 0.1) is 17.1 Å². The molecule has 210 valence electrons. The molecular formula is C32H23ClF3N5O. The molecule has 0 aliphatic heterocycles. The van der Waals surface area contributed by atoms with Crippen LogP contribution in [0.5, 0.6) is 0 Å². The van der Waals surface area contributed by atoms with Crippen LogP contribution in [-0.2, 0) is 13.6 Å². The van der Waals surface area contributed by atoms with E-state index in [9.17, 15) is 23.2 Å². The summed E-state index contributed by atoms with van der Waals surface area (Å²) in [6.45, 7) is -0.703. The molecule has 0 aliphatic carbocycles. The number of aryl methyl sites for hydroxylation is 1. The third-order valence-corrected chi connectivity index (χ3v) is 7.12. The second-order valence-corrected chi connectivity index (χ2v) is 9.76. The van der Waals surface area contributed by atoms with E-state index in [1.54, 1.807) is 7.05 Å². The third kappa shape index (κ3) is 5.24. The number of nitriles is 1. The van der Waals surface area contributed by atoms with E-state index < -0.39 is 24.6 Å². The number of nitrogens with zero attached hydrogens (tertiary/aromatic N) is 5. The van der Waals surface area contributed by atoms with Crippen LogP contribution in [0.3, 0.4) is 0 Å². The highest BCUT2D eigenvalue weighted by molar-refractivity contribution is 6.35. The van der Waals surface area contributed by atoms with Crippen molar-refractivity contribution in [2.75, 3.05) is 7.05 Å². The van der Waals surface area contributed by atoms with E-state index >= 15 is 0 Å². The summed E-state index contributed by atoms with van der Waals surface area (Å²) in [6, 6.07) is 25.3. The maximum absolute atomic E-state index is 14.3. The maximum atomic E-state index is 14.3. The van der Waals surface area contributed by atoms with Crippen LogP contribution in [0.4, 0.5) is 18.9 Å². The van der Waals surface area contributed by atoms with Crippen LogP contribution < -0.4 is 5.62 Å². The Bertz CT molecular complexity index is 1910. The standard InChI is InChI=1S/C32H23ClF3N5O/c1-38-32-40(2)30-23(17-37)28(31(42)22-15-21(34)13-14-24(22)33)25(16-26(30)41(32)18-27(35)36)39-29(19-9-5-3-6-10-19)20-11-7-4-8-12-20/h3-16,27H,18H2,1-2H3. The Morgan fingerprint density at radius 2 is 1.62 bits per heavy atom. The molecule has 0 aliphatic rings. The summed E-state index contributed by atoms with van der Waals surface area (Å²) < 4.78 is 44.6. The number of benzene rings is 4. The molecule has 1 aromatic heterocycles. The van der Waals surface area contributed by atoms with Gasteiger partial charge in [0, 0.05) is 30.8 Å². The van der Waals surface area contributed by atoms with Crippen LogP contribution in [0.2, 0.25) is 5.02 Å². The summed E-state index contributed by atoms with van der Waals surface area (Å²) in [5.41, 5.74) is 2.08. The molecule has 42 heavy (non-hydrogen) atoms. The average molecular weight is 586 g/mol. The molecule has 0 saturated carbocycles. The molecule has 0 unspecified atom stereocenters. The molecule has 5 rings (SSSR count). The minimum atomic E-state index is -2.73. The van der Waals surface area contributed by atoms with Crippen molar-refractivity contribution in [1.82, 2.24) is 9.13 Å². The van der Waals surface area contributed by atoms with E-state index in [0.29, 0.717) is 16.8 Å². The van der Waals surface area contributed by atoms with Gasteiger partial charge in [-0.2, -0.15) is 5.26 Å². The van der Waals surface area contributed by atoms with Crippen molar-refractivity contribution in [2.45, 2.75) is 13.0 Å². The Labute approximate surface area is 244 Å². The van der Waals surface area contributed by atoms with Crippen LogP contribution in [0.25, 0.3) is 11.0 Å². The normalized spacial score (nSPS) is 11.6. The van der Waals surface area contributed by atoms with Gasteiger partial charge in [0.2, 0.25) is 5.62 Å². The smallest absolute Gasteiger partial charge is 0.256 e. The molecule has 6 nitrogen and oxygen atoms in total. The fourth-order valence-corrected chi connectivity index (χ4v) is 5.21. The lowest BCUT2D eigenvalue weighted by atomic mass is 9.95. The van der Waals surface area contributed by atoms with Crippen LogP contribution in [0.1, 0.15) is 32.6 Å². The minimum Gasteiger partial charge on any atom is -0.312 e. The van der Waals surface area contributed by atoms with Crippen LogP contribution in [-0.4, -0.2) is 34.1 Å². The quantitative estimate of drug-likeness (QED) is 0.155. The fraction of sp³-hybridized carbons (Fsp3) is 0.125. The van der Waals surface area contributed by atoms with E-state index in [1.165, 1.54) is 28.3 Å². The monoisotopic (exact) mass is 585 g/mol. The number of ketones is 1. The first kappa shape index (κ1) is 28.6. The molecule has 0 amide bonds. The first-order chi connectivity index (χ1) is 20.2. The van der Waals surface area contributed by atoms with Gasteiger partial charge in [-0.3, -0.25) is 9.79 Å². The van der Waals surface area contributed by atoms with Crippen molar-refractivity contribution in [3.63, 3.8) is 0 Å². The summed E-state index contributed by atoms with van der Waals surface area (Å²) in [4.78, 5) is 23.2. The SMILES string of the molecule is CN=c1n(C)c2c(C#N)c(C(=O)c3cc(F)ccc3Cl)c(N=C(c3ccccc3)c3ccccc3)cc2n1CC(F)F. The molecule has 0 atom stereocenters. The highest BCUT2D eigenvalue weighted by atomic mass is 35.5. The fourth-order valence-electron chi connectivity index (χ4n) is 5.01. The highest BCUT2D eigenvalue weighted by Crippen LogP contribution is 2.35. The number of fused-ring (bicyclic) bond motifs is 1. The van der Waals surface area contributed by atoms with Gasteiger partial charge in [0.05, 0.1) is 45.1 Å². The topological polar surface area (TPSA) is 75.4 Å². The zero-order valence-electron chi connectivity index (χ0n) is 22.5. The van der Waals surface area contributed by atoms with E-state index in [-0.39, 0.29) is 44.1 Å². The number of alkyl halides is 2. The predicted molar refractivity (Wildman–Crippen MR) is 156 cm³/mol. The Hall–Kier alpha value is -4.94. The molecular weight excluding hydrogens is 563 g/mol. The van der Waals surface area contributed by atoms with E-state index in [0.717, 1.165) is 12.1 Å². The van der Waals surface area contributed by atoms with E-state index in [1.807, 2.05) is 60.7 Å². The van der Waals surface area contributed by atoms with Gasteiger partial charge in [0.15, 0.2) is 5.78 Å². The van der Waals surface area contributed by atoms with Gasteiger partial charge in [0.25, 0.3) is 6.43 Å². The molecule has 0 spiro atoms. The zero-order chi connectivity index (χ0) is 30.0. The van der Waals surface area contributed by atoms with Crippen molar-refractivity contribution in [3.8, 4) is 6.07 Å². The van der Waals surface area contributed by atoms with Crippen molar-refractivity contribution in [3.05, 3.63) is 129 Å². The summed E-state index contributed by atoms with van der Waals surface area (Å²) in [7, 11) is 3.02. The van der Waals surface area contributed by atoms with Gasteiger partial charge in [-0.15, -0.1) is 0 Å². The minimum absolute atomic E-state index is 0.0180. The molecule has 0 fully saturated rings. The number of halogens is 4. The average Bonchev–Trinajstić information content (AvgIpc) is 3.25. The molecule has 4 aromatic carbocycles. The Balaban J connectivity index is 1.96. The number of hydrogen-bond donors (Lipinski definition) is 0. The first-order valence-corrected chi connectivity index (χ1v) is 13.2. The summed E-state index contributed by atoms with van der Waals surface area (Å²) in [6.07, 6.45) is -2.73. The molecule has 0 N–H and O–H groups in total. The van der Waals surface area contributed by atoms with E-state index in [4.69, 9.17) is 16.6 Å². The molecule has 1 heterocycles. The van der Waals surface area contributed by atoms with Crippen LogP contribution in [0.15, 0.2) is 94.9 Å². The van der Waals surface area contributed by atoms with Crippen molar-refractivity contribution >= 4 is 39.8 Å². The van der Waals surface area contributed by atoms with Gasteiger partial charge < -0.3 is 9.13 Å². The number of hydrogen-bond acceptors (Lipinski definition) is 4. The molecule has 10 heteroatoms. The van der Waals surface area contributed by atoms with Gasteiger partial charge in [-0.1, -0.05) is 72.3 Å². The molecule has 0 bridgehead atoms. The van der Waals surface area contributed by atoms with Gasteiger partial charge in [-0.05, 0) is 24.3 Å². The van der Waals surface area contributed by atoms with Gasteiger partial charge in [-0.25, -0.2) is 18.2 Å². The zero-order valence-corrected chi connectivity index (χ0v) is 23.3. The molecule has 5 aromatic rings. The summed E-state index contributed by atoms with van der Waals surface area (Å²) in [5, 5.41) is 10.4. The summed E-state index contributed by atoms with van der Waals surface area (Å²) in [5.74, 6) is -1.43. The number of imidazole rings is 1. The molecule has 0 saturated heterocycles. The molecule has 0 radical (unpaired) electrons. The predicted octanol–water partition coefficient (Wildman–Crippen LogP) is 6.84. The Kier molecular flexibility index (Phi) is 8.09. The van der Waals surface area contributed by atoms with Crippen molar-refractivity contribution in [2.24, 2.45) is 17.0 Å². The lowest BCUT2D eigenvalue weighted by Crippen LogP contribution is -2.26. The Morgan fingerprint density at radius 3 is 2.17 bits per heavy atom. The lowest BCUT2D eigenvalue weighted by Gasteiger charge is -2.14. The second kappa shape index (κ2) is 11.9. The van der Waals surface area contributed by atoms with Crippen molar-refractivity contribution in [1.29, 1.82) is 5.26 Å². The first-order valence-electron chi connectivity index (χ1n) is 12.8. The number of aliphatic imine (C=N–C) groups is 1.